The molecule has 9 nitrogen and oxygen atoms in total. The summed E-state index contributed by atoms with van der Waals surface area (Å²) in [5.74, 6) is -2.07. The second kappa shape index (κ2) is 7.90. The Morgan fingerprint density at radius 1 is 1.24 bits per heavy atom. The number of likely N-dealkylation sites (tertiary alicyclic amines) is 1. The predicted molar refractivity (Wildman–Crippen MR) is 101 cm³/mol. The van der Waals surface area contributed by atoms with Crippen molar-refractivity contribution in [1.82, 2.24) is 4.90 Å². The molecule has 0 aliphatic carbocycles. The van der Waals surface area contributed by atoms with Gasteiger partial charge in [-0.1, -0.05) is 30.3 Å². The monoisotopic (exact) mass is 403 g/mol. The lowest BCUT2D eigenvalue weighted by atomic mass is 9.83. The Labute approximate surface area is 169 Å². The van der Waals surface area contributed by atoms with Gasteiger partial charge in [-0.05, 0) is 26.3 Å². The first-order valence-corrected chi connectivity index (χ1v) is 9.34. The SMILES string of the molecule is COC(=O)[C@@]1(COCc2ccccc2)[C@@H]2CN=N[C@@H]2C(=O)N1C(=O)OC(C)(C)C. The van der Waals surface area contributed by atoms with Crippen LogP contribution >= 0.6 is 0 Å². The van der Waals surface area contributed by atoms with E-state index in [9.17, 15) is 14.4 Å². The standard InChI is InChI=1S/C20H25N3O6/c1-19(2,3)29-18(26)23-16(24)15-14(10-21-22-15)20(23,17(25)27-4)12-28-11-13-8-6-5-7-9-13/h5-9,14-15H,10-12H2,1-4H3/t14-,15+,20-/m1/s1. The quantitative estimate of drug-likeness (QED) is 0.699. The zero-order valence-electron chi connectivity index (χ0n) is 17.0. The number of fused-ring (bicyclic) bond motifs is 1. The fraction of sp³-hybridized carbons (Fsp3) is 0.550. The number of rotatable bonds is 5. The second-order valence-corrected chi connectivity index (χ2v) is 8.04. The molecule has 0 radical (unpaired) electrons. The second-order valence-electron chi connectivity index (χ2n) is 8.04. The Hall–Kier alpha value is -2.81. The number of hydrogen-bond acceptors (Lipinski definition) is 8. The highest BCUT2D eigenvalue weighted by Crippen LogP contribution is 2.43. The lowest BCUT2D eigenvalue weighted by Crippen LogP contribution is -2.62. The summed E-state index contributed by atoms with van der Waals surface area (Å²) in [5.41, 5.74) is -1.67. The molecule has 0 N–H and O–H groups in total. The van der Waals surface area contributed by atoms with Gasteiger partial charge in [0.1, 0.15) is 5.60 Å². The van der Waals surface area contributed by atoms with Crippen LogP contribution in [0.3, 0.4) is 0 Å². The summed E-state index contributed by atoms with van der Waals surface area (Å²) < 4.78 is 16.2. The average molecular weight is 403 g/mol. The average Bonchev–Trinajstić information content (AvgIpc) is 3.23. The van der Waals surface area contributed by atoms with Gasteiger partial charge in [0.25, 0.3) is 5.91 Å². The number of nitrogens with zero attached hydrogens (tertiary/aromatic N) is 3. The summed E-state index contributed by atoms with van der Waals surface area (Å²) in [6.07, 6.45) is -0.930. The van der Waals surface area contributed by atoms with Crippen LogP contribution in [0.2, 0.25) is 0 Å². The van der Waals surface area contributed by atoms with Gasteiger partial charge < -0.3 is 14.2 Å². The van der Waals surface area contributed by atoms with Crippen molar-refractivity contribution in [2.75, 3.05) is 20.3 Å². The third-order valence-electron chi connectivity index (χ3n) is 4.90. The van der Waals surface area contributed by atoms with Crippen LogP contribution in [-0.4, -0.2) is 60.3 Å². The predicted octanol–water partition coefficient (Wildman–Crippen LogP) is 2.34. The maximum Gasteiger partial charge on any atom is 0.418 e. The molecule has 0 saturated carbocycles. The Bertz CT molecular complexity index is 819. The Morgan fingerprint density at radius 3 is 2.55 bits per heavy atom. The van der Waals surface area contributed by atoms with E-state index in [-0.39, 0.29) is 19.8 Å². The Morgan fingerprint density at radius 2 is 1.93 bits per heavy atom. The molecule has 0 bridgehead atoms. The maximum atomic E-state index is 13.0. The van der Waals surface area contributed by atoms with Crippen LogP contribution < -0.4 is 0 Å². The zero-order chi connectivity index (χ0) is 21.2. The van der Waals surface area contributed by atoms with Gasteiger partial charge in [0.05, 0.1) is 32.8 Å². The van der Waals surface area contributed by atoms with E-state index in [4.69, 9.17) is 14.2 Å². The highest BCUT2D eigenvalue weighted by atomic mass is 16.6. The molecule has 2 heterocycles. The zero-order valence-corrected chi connectivity index (χ0v) is 17.0. The molecular weight excluding hydrogens is 378 g/mol. The van der Waals surface area contributed by atoms with E-state index < -0.39 is 41.1 Å². The minimum Gasteiger partial charge on any atom is -0.467 e. The van der Waals surface area contributed by atoms with Crippen LogP contribution in [-0.2, 0) is 30.4 Å². The largest absolute Gasteiger partial charge is 0.467 e. The topological polar surface area (TPSA) is 107 Å². The van der Waals surface area contributed by atoms with Crippen LogP contribution in [0.25, 0.3) is 0 Å². The van der Waals surface area contributed by atoms with Crippen molar-refractivity contribution in [3.8, 4) is 0 Å². The van der Waals surface area contributed by atoms with E-state index in [0.717, 1.165) is 10.5 Å². The summed E-state index contributed by atoms with van der Waals surface area (Å²) >= 11 is 0. The molecule has 1 saturated heterocycles. The van der Waals surface area contributed by atoms with Crippen molar-refractivity contribution in [2.45, 2.75) is 44.6 Å². The minimum absolute atomic E-state index is 0.111. The van der Waals surface area contributed by atoms with Crippen molar-refractivity contribution in [3.63, 3.8) is 0 Å². The Kier molecular flexibility index (Phi) is 5.70. The molecule has 0 aromatic heterocycles. The summed E-state index contributed by atoms with van der Waals surface area (Å²) in [5, 5.41) is 7.88. The summed E-state index contributed by atoms with van der Waals surface area (Å²) in [6, 6.07) is 8.42. The first kappa shape index (κ1) is 20.9. The first-order chi connectivity index (χ1) is 13.7. The van der Waals surface area contributed by atoms with Gasteiger partial charge in [0.15, 0.2) is 11.6 Å². The summed E-state index contributed by atoms with van der Waals surface area (Å²) in [7, 11) is 1.20. The van der Waals surface area contributed by atoms with Gasteiger partial charge in [-0.25, -0.2) is 14.5 Å². The van der Waals surface area contributed by atoms with Crippen molar-refractivity contribution in [2.24, 2.45) is 16.1 Å². The van der Waals surface area contributed by atoms with Crippen molar-refractivity contribution in [3.05, 3.63) is 35.9 Å². The summed E-state index contributed by atoms with van der Waals surface area (Å²) in [4.78, 5) is 39.7. The molecule has 156 valence electrons. The highest BCUT2D eigenvalue weighted by Gasteiger charge is 2.68. The molecular formula is C20H25N3O6. The third kappa shape index (κ3) is 3.87. The van der Waals surface area contributed by atoms with Crippen LogP contribution in [0.15, 0.2) is 40.6 Å². The van der Waals surface area contributed by atoms with Crippen molar-refractivity contribution < 1.29 is 28.6 Å². The summed E-state index contributed by atoms with van der Waals surface area (Å²) in [6.45, 7) is 5.10. The molecule has 2 amide bonds. The van der Waals surface area contributed by atoms with E-state index in [0.29, 0.717) is 0 Å². The van der Waals surface area contributed by atoms with Crippen molar-refractivity contribution >= 4 is 18.0 Å². The molecule has 29 heavy (non-hydrogen) atoms. The first-order valence-electron chi connectivity index (χ1n) is 9.34. The molecule has 0 unspecified atom stereocenters. The van der Waals surface area contributed by atoms with Crippen molar-refractivity contribution in [1.29, 1.82) is 0 Å². The number of imide groups is 1. The van der Waals surface area contributed by atoms with Gasteiger partial charge in [0, 0.05) is 0 Å². The molecule has 9 heteroatoms. The number of amides is 2. The number of benzene rings is 1. The normalized spacial score (nSPS) is 25.8. The van der Waals surface area contributed by atoms with Crippen LogP contribution in [0, 0.1) is 5.92 Å². The molecule has 1 aromatic carbocycles. The molecule has 3 rings (SSSR count). The van der Waals surface area contributed by atoms with E-state index in [1.165, 1.54) is 7.11 Å². The third-order valence-corrected chi connectivity index (χ3v) is 4.90. The number of esters is 1. The fourth-order valence-corrected chi connectivity index (χ4v) is 3.64. The van der Waals surface area contributed by atoms with Crippen LogP contribution in [0.4, 0.5) is 4.79 Å². The van der Waals surface area contributed by atoms with E-state index in [1.807, 2.05) is 30.3 Å². The fourth-order valence-electron chi connectivity index (χ4n) is 3.64. The van der Waals surface area contributed by atoms with E-state index >= 15 is 0 Å². The molecule has 1 fully saturated rings. The molecule has 2 aliphatic rings. The molecule has 1 aromatic rings. The molecule has 3 atom stereocenters. The minimum atomic E-state index is -1.70. The number of carbonyl (C=O) groups is 3. The number of carbonyl (C=O) groups excluding carboxylic acids is 3. The van der Waals surface area contributed by atoms with Gasteiger partial charge in [-0.3, -0.25) is 4.79 Å². The van der Waals surface area contributed by atoms with E-state index in [1.54, 1.807) is 20.8 Å². The lowest BCUT2D eigenvalue weighted by molar-refractivity contribution is -0.163. The van der Waals surface area contributed by atoms with Crippen LogP contribution in [0.1, 0.15) is 26.3 Å². The smallest absolute Gasteiger partial charge is 0.418 e. The highest BCUT2D eigenvalue weighted by molar-refractivity contribution is 6.05. The van der Waals surface area contributed by atoms with Gasteiger partial charge in [0.2, 0.25) is 0 Å². The molecule has 0 spiro atoms. The van der Waals surface area contributed by atoms with E-state index in [2.05, 4.69) is 10.2 Å². The Balaban J connectivity index is 1.94. The molecule has 2 aliphatic heterocycles. The number of hydrogen-bond donors (Lipinski definition) is 0. The van der Waals surface area contributed by atoms with Gasteiger partial charge in [-0.2, -0.15) is 10.2 Å². The number of methoxy groups -OCH3 is 1. The number of ether oxygens (including phenoxy) is 3. The van der Waals surface area contributed by atoms with Gasteiger partial charge >= 0.3 is 12.1 Å². The van der Waals surface area contributed by atoms with Gasteiger partial charge in [-0.15, -0.1) is 0 Å². The lowest BCUT2D eigenvalue weighted by Gasteiger charge is -2.37. The van der Waals surface area contributed by atoms with Crippen LogP contribution in [0.5, 0.6) is 0 Å². The maximum absolute atomic E-state index is 13.0. The number of azo groups is 1.